The smallest absolute Gasteiger partial charge is 0.335 e. The van der Waals surface area contributed by atoms with E-state index in [1.54, 1.807) is 26.0 Å². The Morgan fingerprint density at radius 2 is 1.89 bits per heavy atom. The molecule has 0 unspecified atom stereocenters. The fraction of sp³-hybridized carbons (Fsp3) is 0.286. The molecular formula is C14H16N2O3. The first-order valence-corrected chi connectivity index (χ1v) is 5.70. The highest BCUT2D eigenvalue weighted by molar-refractivity contribution is 5.87. The first-order valence-electron chi connectivity index (χ1n) is 5.70. The topological polar surface area (TPSA) is 78.4 Å². The number of carbonyl (C=O) groups is 2. The van der Waals surface area contributed by atoms with Crippen molar-refractivity contribution in [1.29, 1.82) is 0 Å². The molecule has 3 N–H and O–H groups in total. The van der Waals surface area contributed by atoms with Gasteiger partial charge < -0.3 is 15.7 Å². The Labute approximate surface area is 112 Å². The van der Waals surface area contributed by atoms with Crippen LogP contribution in [0.1, 0.15) is 29.8 Å². The summed E-state index contributed by atoms with van der Waals surface area (Å²) in [5.41, 5.74) is 0.303. The average molecular weight is 260 g/mol. The molecule has 100 valence electrons. The molecule has 0 atom stereocenters. The lowest BCUT2D eigenvalue weighted by Crippen LogP contribution is -2.47. The Morgan fingerprint density at radius 3 is 2.37 bits per heavy atom. The first kappa shape index (κ1) is 14.6. The maximum absolute atomic E-state index is 11.6. The quantitative estimate of drug-likeness (QED) is 0.719. The molecule has 0 aliphatic rings. The summed E-state index contributed by atoms with van der Waals surface area (Å²) in [4.78, 5) is 22.2. The van der Waals surface area contributed by atoms with Crippen LogP contribution in [0.3, 0.4) is 0 Å². The summed E-state index contributed by atoms with van der Waals surface area (Å²) in [5, 5.41) is 14.0. The Balaban J connectivity index is 2.51. The molecule has 1 aromatic rings. The van der Waals surface area contributed by atoms with Gasteiger partial charge in [0, 0.05) is 6.54 Å². The monoisotopic (exact) mass is 260 g/mol. The van der Waals surface area contributed by atoms with Gasteiger partial charge in [-0.15, -0.1) is 6.42 Å². The van der Waals surface area contributed by atoms with Crippen molar-refractivity contribution in [2.45, 2.75) is 25.9 Å². The summed E-state index contributed by atoms with van der Waals surface area (Å²) in [6.45, 7) is 3.73. The van der Waals surface area contributed by atoms with Crippen LogP contribution in [0, 0.1) is 12.3 Å². The van der Waals surface area contributed by atoms with Gasteiger partial charge >= 0.3 is 12.0 Å². The van der Waals surface area contributed by atoms with Crippen molar-refractivity contribution < 1.29 is 14.7 Å². The summed E-state index contributed by atoms with van der Waals surface area (Å²) < 4.78 is 0. The molecule has 0 saturated carbocycles. The van der Waals surface area contributed by atoms with E-state index in [-0.39, 0.29) is 11.6 Å². The largest absolute Gasteiger partial charge is 0.478 e. The third kappa shape index (κ3) is 4.72. The molecule has 1 rings (SSSR count). The van der Waals surface area contributed by atoms with Crippen molar-refractivity contribution in [1.82, 2.24) is 10.6 Å². The number of carbonyl (C=O) groups excluding carboxylic acids is 1. The molecule has 0 spiro atoms. The van der Waals surface area contributed by atoms with Gasteiger partial charge in [0.05, 0.1) is 11.1 Å². The van der Waals surface area contributed by atoms with Crippen LogP contribution in [-0.4, -0.2) is 22.6 Å². The zero-order valence-corrected chi connectivity index (χ0v) is 10.9. The van der Waals surface area contributed by atoms with Crippen LogP contribution in [0.4, 0.5) is 4.79 Å². The van der Waals surface area contributed by atoms with Crippen molar-refractivity contribution in [3.8, 4) is 12.3 Å². The SMILES string of the molecule is C#CC(C)(C)NC(=O)NCc1ccc(C(=O)O)cc1. The van der Waals surface area contributed by atoms with E-state index in [0.717, 1.165) is 5.56 Å². The molecule has 0 aliphatic heterocycles. The van der Waals surface area contributed by atoms with Crippen molar-refractivity contribution in [3.05, 3.63) is 35.4 Å². The van der Waals surface area contributed by atoms with Gasteiger partial charge in [-0.1, -0.05) is 18.1 Å². The van der Waals surface area contributed by atoms with Crippen LogP contribution >= 0.6 is 0 Å². The number of carboxylic acids is 1. The minimum absolute atomic E-state index is 0.210. The van der Waals surface area contributed by atoms with Crippen LogP contribution in [0.25, 0.3) is 0 Å². The third-order valence-electron chi connectivity index (χ3n) is 2.44. The number of hydrogen-bond donors (Lipinski definition) is 3. The Morgan fingerprint density at radius 1 is 1.32 bits per heavy atom. The highest BCUT2D eigenvalue weighted by Crippen LogP contribution is 2.04. The van der Waals surface area contributed by atoms with Gasteiger partial charge in [-0.3, -0.25) is 0 Å². The molecule has 0 radical (unpaired) electrons. The summed E-state index contributed by atoms with van der Waals surface area (Å²) in [6, 6.07) is 5.91. The number of benzene rings is 1. The number of hydrogen-bond acceptors (Lipinski definition) is 2. The molecule has 1 aromatic carbocycles. The maximum atomic E-state index is 11.6. The fourth-order valence-electron chi connectivity index (χ4n) is 1.31. The van der Waals surface area contributed by atoms with Crippen LogP contribution in [0.15, 0.2) is 24.3 Å². The van der Waals surface area contributed by atoms with Crippen molar-refractivity contribution in [2.24, 2.45) is 0 Å². The van der Waals surface area contributed by atoms with Crippen LogP contribution < -0.4 is 10.6 Å². The lowest BCUT2D eigenvalue weighted by atomic mass is 10.1. The number of amides is 2. The summed E-state index contributed by atoms with van der Waals surface area (Å²) in [6.07, 6.45) is 5.26. The van der Waals surface area contributed by atoms with Gasteiger partial charge in [0.1, 0.15) is 0 Å². The molecule has 0 aliphatic carbocycles. The molecule has 0 fully saturated rings. The van der Waals surface area contributed by atoms with E-state index in [1.165, 1.54) is 12.1 Å². The maximum Gasteiger partial charge on any atom is 0.335 e. The summed E-state index contributed by atoms with van der Waals surface area (Å²) >= 11 is 0. The van der Waals surface area contributed by atoms with E-state index in [2.05, 4.69) is 16.6 Å². The molecule has 19 heavy (non-hydrogen) atoms. The highest BCUT2D eigenvalue weighted by atomic mass is 16.4. The molecule has 5 heteroatoms. The molecule has 2 amide bonds. The Kier molecular flexibility index (Phi) is 4.54. The number of nitrogens with one attached hydrogen (secondary N) is 2. The van der Waals surface area contributed by atoms with Crippen LogP contribution in [0.5, 0.6) is 0 Å². The Hall–Kier alpha value is -2.48. The second-order valence-electron chi connectivity index (χ2n) is 4.58. The molecular weight excluding hydrogens is 244 g/mol. The average Bonchev–Trinajstić information content (AvgIpc) is 2.36. The minimum atomic E-state index is -0.979. The summed E-state index contributed by atoms with van der Waals surface area (Å²) in [5.74, 6) is 1.47. The van der Waals surface area contributed by atoms with Crippen LogP contribution in [-0.2, 0) is 6.54 Å². The van der Waals surface area contributed by atoms with Gasteiger partial charge in [-0.05, 0) is 31.5 Å². The molecule has 0 bridgehead atoms. The molecule has 0 heterocycles. The van der Waals surface area contributed by atoms with Crippen molar-refractivity contribution >= 4 is 12.0 Å². The zero-order chi connectivity index (χ0) is 14.5. The van der Waals surface area contributed by atoms with Gasteiger partial charge in [-0.2, -0.15) is 0 Å². The van der Waals surface area contributed by atoms with E-state index in [9.17, 15) is 9.59 Å². The summed E-state index contributed by atoms with van der Waals surface area (Å²) in [7, 11) is 0. The minimum Gasteiger partial charge on any atom is -0.478 e. The molecule has 0 saturated heterocycles. The zero-order valence-electron chi connectivity index (χ0n) is 10.9. The predicted octanol–water partition coefficient (Wildman–Crippen LogP) is 1.60. The first-order chi connectivity index (χ1) is 8.84. The number of aromatic carboxylic acids is 1. The number of carboxylic acid groups (broad SMARTS) is 1. The van der Waals surface area contributed by atoms with Gasteiger partial charge in [0.2, 0.25) is 0 Å². The normalized spacial score (nSPS) is 10.4. The molecule has 0 aromatic heterocycles. The van der Waals surface area contributed by atoms with Gasteiger partial charge in [0.25, 0.3) is 0 Å². The second kappa shape index (κ2) is 5.91. The van der Waals surface area contributed by atoms with E-state index in [0.29, 0.717) is 6.54 Å². The van der Waals surface area contributed by atoms with Crippen molar-refractivity contribution in [2.75, 3.05) is 0 Å². The predicted molar refractivity (Wildman–Crippen MR) is 71.7 cm³/mol. The highest BCUT2D eigenvalue weighted by Gasteiger charge is 2.16. The van der Waals surface area contributed by atoms with Crippen molar-refractivity contribution in [3.63, 3.8) is 0 Å². The van der Waals surface area contributed by atoms with Gasteiger partial charge in [0.15, 0.2) is 0 Å². The third-order valence-corrected chi connectivity index (χ3v) is 2.44. The van der Waals surface area contributed by atoms with E-state index < -0.39 is 11.5 Å². The lowest BCUT2D eigenvalue weighted by molar-refractivity contribution is 0.0697. The second-order valence-corrected chi connectivity index (χ2v) is 4.58. The van der Waals surface area contributed by atoms with E-state index in [4.69, 9.17) is 11.5 Å². The molecule has 5 nitrogen and oxygen atoms in total. The fourth-order valence-corrected chi connectivity index (χ4v) is 1.31. The number of terminal acetylenes is 1. The number of rotatable bonds is 4. The van der Waals surface area contributed by atoms with Crippen LogP contribution in [0.2, 0.25) is 0 Å². The number of urea groups is 1. The van der Waals surface area contributed by atoms with Gasteiger partial charge in [-0.25, -0.2) is 9.59 Å². The standard InChI is InChI=1S/C14H16N2O3/c1-4-14(2,3)16-13(19)15-9-10-5-7-11(8-6-10)12(17)18/h1,5-8H,9H2,2-3H3,(H,17,18)(H2,15,16,19). The Bertz CT molecular complexity index is 512. The lowest BCUT2D eigenvalue weighted by Gasteiger charge is -2.19. The van der Waals surface area contributed by atoms with E-state index >= 15 is 0 Å². The van der Waals surface area contributed by atoms with E-state index in [1.807, 2.05) is 0 Å².